The van der Waals surface area contributed by atoms with Crippen LogP contribution in [0.4, 0.5) is 5.69 Å². The first-order valence-electron chi connectivity index (χ1n) is 8.61. The van der Waals surface area contributed by atoms with Gasteiger partial charge in [-0.2, -0.15) is 0 Å². The molecule has 1 aromatic rings. The van der Waals surface area contributed by atoms with Crippen molar-refractivity contribution in [3.63, 3.8) is 0 Å². The molecule has 0 amide bonds. The molecule has 20 heavy (non-hydrogen) atoms. The number of hydrogen-bond acceptors (Lipinski definition) is 1. The summed E-state index contributed by atoms with van der Waals surface area (Å²) in [5.74, 6) is 1.82. The highest BCUT2D eigenvalue weighted by molar-refractivity contribution is 5.56. The van der Waals surface area contributed by atoms with E-state index in [2.05, 4.69) is 37.4 Å². The van der Waals surface area contributed by atoms with Gasteiger partial charge in [0.15, 0.2) is 0 Å². The van der Waals surface area contributed by atoms with Crippen molar-refractivity contribution < 1.29 is 0 Å². The maximum Gasteiger partial charge on any atom is 0.0377 e. The Hall–Kier alpha value is -0.980. The molecule has 110 valence electrons. The van der Waals surface area contributed by atoms with Gasteiger partial charge in [-0.3, -0.25) is 0 Å². The number of fused-ring (bicyclic) bond motifs is 1. The van der Waals surface area contributed by atoms with Gasteiger partial charge in [0.25, 0.3) is 0 Å². The average molecular weight is 271 g/mol. The number of aryl methyl sites for hydroxylation is 1. The van der Waals surface area contributed by atoms with E-state index >= 15 is 0 Å². The maximum absolute atomic E-state index is 3.87. The Morgan fingerprint density at radius 3 is 2.50 bits per heavy atom. The van der Waals surface area contributed by atoms with E-state index < -0.39 is 0 Å². The van der Waals surface area contributed by atoms with Crippen LogP contribution in [-0.2, 0) is 12.8 Å². The van der Waals surface area contributed by atoms with Gasteiger partial charge in [0.1, 0.15) is 0 Å². The Labute approximate surface area is 124 Å². The van der Waals surface area contributed by atoms with Crippen LogP contribution in [0.1, 0.15) is 63.5 Å². The SMILES string of the molecule is CC(C)C1CCC(Nc2cccc3c2CCCC3)CC1. The zero-order valence-electron chi connectivity index (χ0n) is 13.1. The second-order valence-electron chi connectivity index (χ2n) is 7.15. The van der Waals surface area contributed by atoms with Gasteiger partial charge >= 0.3 is 0 Å². The average Bonchev–Trinajstić information content (AvgIpc) is 2.48. The summed E-state index contributed by atoms with van der Waals surface area (Å²) in [6.45, 7) is 4.76. The van der Waals surface area contributed by atoms with Crippen molar-refractivity contribution in [2.75, 3.05) is 5.32 Å². The van der Waals surface area contributed by atoms with E-state index in [0.29, 0.717) is 6.04 Å². The quantitative estimate of drug-likeness (QED) is 0.797. The second kappa shape index (κ2) is 6.20. The molecule has 0 heterocycles. The maximum atomic E-state index is 3.87. The van der Waals surface area contributed by atoms with Gasteiger partial charge in [-0.05, 0) is 80.4 Å². The second-order valence-corrected chi connectivity index (χ2v) is 7.15. The fraction of sp³-hybridized carbons (Fsp3) is 0.684. The molecule has 0 radical (unpaired) electrons. The van der Waals surface area contributed by atoms with Crippen LogP contribution < -0.4 is 5.32 Å². The van der Waals surface area contributed by atoms with Crippen molar-refractivity contribution in [2.45, 2.75) is 71.3 Å². The van der Waals surface area contributed by atoms with Crippen LogP contribution in [0.15, 0.2) is 18.2 Å². The van der Waals surface area contributed by atoms with Crippen LogP contribution in [0.5, 0.6) is 0 Å². The van der Waals surface area contributed by atoms with E-state index in [-0.39, 0.29) is 0 Å². The molecule has 0 aliphatic heterocycles. The Morgan fingerprint density at radius 1 is 1.00 bits per heavy atom. The van der Waals surface area contributed by atoms with E-state index in [1.165, 1.54) is 57.1 Å². The van der Waals surface area contributed by atoms with Gasteiger partial charge in [0.05, 0.1) is 0 Å². The third kappa shape index (κ3) is 3.02. The highest BCUT2D eigenvalue weighted by Crippen LogP contribution is 2.33. The van der Waals surface area contributed by atoms with E-state index in [4.69, 9.17) is 0 Å². The first-order chi connectivity index (χ1) is 9.74. The third-order valence-corrected chi connectivity index (χ3v) is 5.47. The van der Waals surface area contributed by atoms with Gasteiger partial charge in [0, 0.05) is 11.7 Å². The lowest BCUT2D eigenvalue weighted by Gasteiger charge is -2.33. The van der Waals surface area contributed by atoms with Crippen LogP contribution >= 0.6 is 0 Å². The summed E-state index contributed by atoms with van der Waals surface area (Å²) in [5.41, 5.74) is 4.65. The lowest BCUT2D eigenvalue weighted by atomic mass is 9.79. The molecule has 0 unspecified atom stereocenters. The third-order valence-electron chi connectivity index (χ3n) is 5.47. The lowest BCUT2D eigenvalue weighted by molar-refractivity contribution is 0.267. The highest BCUT2D eigenvalue weighted by Gasteiger charge is 2.24. The van der Waals surface area contributed by atoms with Crippen molar-refractivity contribution in [1.82, 2.24) is 0 Å². The lowest BCUT2D eigenvalue weighted by Crippen LogP contribution is -2.28. The van der Waals surface area contributed by atoms with Crippen molar-refractivity contribution in [2.24, 2.45) is 11.8 Å². The number of rotatable bonds is 3. The topological polar surface area (TPSA) is 12.0 Å². The molecule has 0 saturated heterocycles. The predicted molar refractivity (Wildman–Crippen MR) is 87.3 cm³/mol. The molecule has 1 aromatic carbocycles. The zero-order chi connectivity index (χ0) is 13.9. The van der Waals surface area contributed by atoms with Crippen LogP contribution in [0.2, 0.25) is 0 Å². The fourth-order valence-electron chi connectivity index (χ4n) is 4.07. The van der Waals surface area contributed by atoms with Gasteiger partial charge in [-0.1, -0.05) is 26.0 Å². The van der Waals surface area contributed by atoms with Gasteiger partial charge in [-0.15, -0.1) is 0 Å². The molecule has 1 fully saturated rings. The summed E-state index contributed by atoms with van der Waals surface area (Å²) in [4.78, 5) is 0. The largest absolute Gasteiger partial charge is 0.382 e. The summed E-state index contributed by atoms with van der Waals surface area (Å²) in [5, 5.41) is 3.87. The summed E-state index contributed by atoms with van der Waals surface area (Å²) in [7, 11) is 0. The van der Waals surface area contributed by atoms with E-state index in [0.717, 1.165) is 11.8 Å². The van der Waals surface area contributed by atoms with Crippen molar-refractivity contribution in [3.05, 3.63) is 29.3 Å². The molecular formula is C19H29N. The van der Waals surface area contributed by atoms with Gasteiger partial charge < -0.3 is 5.32 Å². The molecule has 0 atom stereocenters. The Balaban J connectivity index is 1.64. The van der Waals surface area contributed by atoms with E-state index in [1.807, 2.05) is 0 Å². The number of hydrogen-bond donors (Lipinski definition) is 1. The normalized spacial score (nSPS) is 26.4. The highest BCUT2D eigenvalue weighted by atomic mass is 14.9. The minimum absolute atomic E-state index is 0.707. The minimum Gasteiger partial charge on any atom is -0.382 e. The van der Waals surface area contributed by atoms with Crippen LogP contribution in [0, 0.1) is 11.8 Å². The predicted octanol–water partition coefficient (Wildman–Crippen LogP) is 5.19. The number of nitrogens with one attached hydrogen (secondary N) is 1. The molecule has 0 aromatic heterocycles. The van der Waals surface area contributed by atoms with Crippen molar-refractivity contribution in [1.29, 1.82) is 0 Å². The first-order valence-corrected chi connectivity index (χ1v) is 8.61. The minimum atomic E-state index is 0.707. The zero-order valence-corrected chi connectivity index (χ0v) is 13.1. The molecular weight excluding hydrogens is 242 g/mol. The van der Waals surface area contributed by atoms with Crippen LogP contribution in [-0.4, -0.2) is 6.04 Å². The first kappa shape index (κ1) is 14.0. The molecule has 1 saturated carbocycles. The van der Waals surface area contributed by atoms with Crippen LogP contribution in [0.25, 0.3) is 0 Å². The van der Waals surface area contributed by atoms with E-state index in [9.17, 15) is 0 Å². The molecule has 1 N–H and O–H groups in total. The van der Waals surface area contributed by atoms with Gasteiger partial charge in [-0.25, -0.2) is 0 Å². The Bertz CT molecular complexity index is 441. The summed E-state index contributed by atoms with van der Waals surface area (Å²) < 4.78 is 0. The molecule has 0 bridgehead atoms. The van der Waals surface area contributed by atoms with E-state index in [1.54, 1.807) is 11.1 Å². The Kier molecular flexibility index (Phi) is 4.33. The smallest absolute Gasteiger partial charge is 0.0377 e. The Morgan fingerprint density at radius 2 is 1.75 bits per heavy atom. The summed E-state index contributed by atoms with van der Waals surface area (Å²) in [6, 6.07) is 7.58. The molecule has 1 heteroatoms. The van der Waals surface area contributed by atoms with Gasteiger partial charge in [0.2, 0.25) is 0 Å². The van der Waals surface area contributed by atoms with Crippen molar-refractivity contribution >= 4 is 5.69 Å². The molecule has 2 aliphatic carbocycles. The summed E-state index contributed by atoms with van der Waals surface area (Å²) in [6.07, 6.45) is 10.8. The number of benzene rings is 1. The monoisotopic (exact) mass is 271 g/mol. The van der Waals surface area contributed by atoms with Crippen LogP contribution in [0.3, 0.4) is 0 Å². The molecule has 0 spiro atoms. The summed E-state index contributed by atoms with van der Waals surface area (Å²) >= 11 is 0. The fourth-order valence-corrected chi connectivity index (χ4v) is 4.07. The molecule has 3 rings (SSSR count). The number of anilines is 1. The molecule has 2 aliphatic rings. The standard InChI is InChI=1S/C19H29N/c1-14(2)15-10-12-17(13-11-15)20-19-9-5-7-16-6-3-4-8-18(16)19/h5,7,9,14-15,17,20H,3-4,6,8,10-13H2,1-2H3. The molecule has 1 nitrogen and oxygen atoms in total. The van der Waals surface area contributed by atoms with Crippen molar-refractivity contribution in [3.8, 4) is 0 Å².